The minimum Gasteiger partial charge on any atom is -0.358 e. The van der Waals surface area contributed by atoms with Crippen LogP contribution in [0, 0.1) is 36.0 Å². The summed E-state index contributed by atoms with van der Waals surface area (Å²) in [5, 5.41) is 10.1. The Balaban J connectivity index is 2.01. The van der Waals surface area contributed by atoms with Crippen LogP contribution in [-0.2, 0) is 4.79 Å². The van der Waals surface area contributed by atoms with Gasteiger partial charge in [-0.2, -0.15) is 5.26 Å². The van der Waals surface area contributed by atoms with Crippen molar-refractivity contribution in [1.29, 1.82) is 5.26 Å². The molecule has 1 heterocycles. The number of nitriles is 1. The van der Waals surface area contributed by atoms with Gasteiger partial charge in [0.1, 0.15) is 0 Å². The van der Waals surface area contributed by atoms with Crippen LogP contribution in [0.15, 0.2) is 24.3 Å². The van der Waals surface area contributed by atoms with E-state index in [1.165, 1.54) is 0 Å². The summed E-state index contributed by atoms with van der Waals surface area (Å²) in [5.41, 5.74) is 2.03. The number of ketones is 2. The topological polar surface area (TPSA) is 73.7 Å². The smallest absolute Gasteiger partial charge is 0.189 e. The van der Waals surface area contributed by atoms with Crippen molar-refractivity contribution in [2.45, 2.75) is 20.3 Å². The second-order valence-corrected chi connectivity index (χ2v) is 5.82. The summed E-state index contributed by atoms with van der Waals surface area (Å²) in [6, 6.07) is 9.36. The van der Waals surface area contributed by atoms with Crippen molar-refractivity contribution in [3.8, 4) is 6.07 Å². The Labute approximate surface area is 122 Å². The SMILES string of the molecule is Cc1[nH]c2ccccc2c1C(=O)[C@H](C#N)C(=O)[C@H]1C[C@H]1C. The Bertz CT molecular complexity index is 782. The molecular formula is C17H16N2O2. The Hall–Kier alpha value is -2.41. The Morgan fingerprint density at radius 1 is 1.38 bits per heavy atom. The third-order valence-electron chi connectivity index (χ3n) is 4.29. The van der Waals surface area contributed by atoms with Gasteiger partial charge in [-0.05, 0) is 25.3 Å². The van der Waals surface area contributed by atoms with Crippen molar-refractivity contribution in [3.05, 3.63) is 35.5 Å². The first kappa shape index (κ1) is 13.6. The van der Waals surface area contributed by atoms with E-state index in [2.05, 4.69) is 4.98 Å². The number of carbonyl (C=O) groups is 2. The monoisotopic (exact) mass is 280 g/mol. The quantitative estimate of drug-likeness (QED) is 0.691. The lowest BCUT2D eigenvalue weighted by molar-refractivity contribution is -0.121. The highest BCUT2D eigenvalue weighted by molar-refractivity contribution is 6.19. The molecule has 0 amide bonds. The number of nitrogens with one attached hydrogen (secondary N) is 1. The van der Waals surface area contributed by atoms with Crippen LogP contribution < -0.4 is 0 Å². The first-order valence-electron chi connectivity index (χ1n) is 7.09. The summed E-state index contributed by atoms with van der Waals surface area (Å²) in [4.78, 5) is 28.1. The van der Waals surface area contributed by atoms with Crippen LogP contribution in [0.1, 0.15) is 29.4 Å². The van der Waals surface area contributed by atoms with Crippen LogP contribution >= 0.6 is 0 Å². The van der Waals surface area contributed by atoms with Gasteiger partial charge in [-0.3, -0.25) is 9.59 Å². The Morgan fingerprint density at radius 2 is 2.05 bits per heavy atom. The molecule has 21 heavy (non-hydrogen) atoms. The van der Waals surface area contributed by atoms with Crippen LogP contribution in [0.3, 0.4) is 0 Å². The zero-order valence-electron chi connectivity index (χ0n) is 12.0. The molecule has 4 heteroatoms. The summed E-state index contributed by atoms with van der Waals surface area (Å²) < 4.78 is 0. The number of hydrogen-bond acceptors (Lipinski definition) is 3. The van der Waals surface area contributed by atoms with E-state index < -0.39 is 5.92 Å². The van der Waals surface area contributed by atoms with Gasteiger partial charge in [-0.1, -0.05) is 25.1 Å². The molecule has 4 nitrogen and oxygen atoms in total. The van der Waals surface area contributed by atoms with Gasteiger partial charge < -0.3 is 4.98 Å². The number of aromatic amines is 1. The summed E-state index contributed by atoms with van der Waals surface area (Å²) in [7, 11) is 0. The maximum Gasteiger partial charge on any atom is 0.189 e. The molecule has 106 valence electrons. The third kappa shape index (κ3) is 2.15. The van der Waals surface area contributed by atoms with E-state index in [4.69, 9.17) is 0 Å². The molecule has 1 aromatic heterocycles. The molecule has 0 unspecified atom stereocenters. The largest absolute Gasteiger partial charge is 0.358 e. The molecule has 3 rings (SSSR count). The third-order valence-corrected chi connectivity index (χ3v) is 4.29. The summed E-state index contributed by atoms with van der Waals surface area (Å²) in [6.07, 6.45) is 0.789. The average molecular weight is 280 g/mol. The molecule has 1 aliphatic rings. The fourth-order valence-electron chi connectivity index (χ4n) is 2.92. The van der Waals surface area contributed by atoms with E-state index >= 15 is 0 Å². The molecule has 0 saturated heterocycles. The number of Topliss-reactive ketones (excluding diaryl/α,β-unsaturated/α-hetero) is 2. The molecule has 1 aliphatic carbocycles. The fraction of sp³-hybridized carbons (Fsp3) is 0.353. The number of benzene rings is 1. The van der Waals surface area contributed by atoms with Crippen LogP contribution in [-0.4, -0.2) is 16.6 Å². The highest BCUT2D eigenvalue weighted by Gasteiger charge is 2.45. The van der Waals surface area contributed by atoms with Gasteiger partial charge >= 0.3 is 0 Å². The molecular weight excluding hydrogens is 264 g/mol. The van der Waals surface area contributed by atoms with Crippen molar-refractivity contribution in [2.75, 3.05) is 0 Å². The second-order valence-electron chi connectivity index (χ2n) is 5.82. The van der Waals surface area contributed by atoms with E-state index in [-0.39, 0.29) is 17.5 Å². The zero-order chi connectivity index (χ0) is 15.1. The Kier molecular flexibility index (Phi) is 3.13. The number of para-hydroxylation sites is 1. The molecule has 1 N–H and O–H groups in total. The minimum absolute atomic E-state index is 0.121. The molecule has 0 radical (unpaired) electrons. The standard InChI is InChI=1S/C17H16N2O2/c1-9-7-12(9)16(20)13(8-18)17(21)15-10(2)19-14-6-4-3-5-11(14)15/h3-6,9,12-13,19H,7H2,1-2H3/t9-,12+,13-/m1/s1. The fourth-order valence-corrected chi connectivity index (χ4v) is 2.92. The zero-order valence-corrected chi connectivity index (χ0v) is 12.0. The molecule has 2 aromatic rings. The number of nitrogens with zero attached hydrogens (tertiary/aromatic N) is 1. The summed E-state index contributed by atoms with van der Waals surface area (Å²) in [5.74, 6) is -1.61. The molecule has 1 saturated carbocycles. The van der Waals surface area contributed by atoms with Gasteiger partial charge in [0.25, 0.3) is 0 Å². The number of H-pyrrole nitrogens is 1. The molecule has 0 spiro atoms. The molecule has 0 bridgehead atoms. The van der Waals surface area contributed by atoms with E-state index in [9.17, 15) is 14.9 Å². The van der Waals surface area contributed by atoms with Gasteiger partial charge in [-0.25, -0.2) is 0 Å². The summed E-state index contributed by atoms with van der Waals surface area (Å²) in [6.45, 7) is 3.77. The molecule has 3 atom stereocenters. The van der Waals surface area contributed by atoms with Gasteiger partial charge in [0.05, 0.1) is 6.07 Å². The predicted octanol–water partition coefficient (Wildman–Crippen LogP) is 3.02. The molecule has 1 fully saturated rings. The first-order chi connectivity index (χ1) is 10.0. The number of fused-ring (bicyclic) bond motifs is 1. The van der Waals surface area contributed by atoms with Crippen molar-refractivity contribution < 1.29 is 9.59 Å². The predicted molar refractivity (Wildman–Crippen MR) is 78.7 cm³/mol. The first-order valence-corrected chi connectivity index (χ1v) is 7.09. The van der Waals surface area contributed by atoms with Gasteiger partial charge in [0.2, 0.25) is 0 Å². The van der Waals surface area contributed by atoms with Gasteiger partial charge in [-0.15, -0.1) is 0 Å². The number of rotatable bonds is 4. The van der Waals surface area contributed by atoms with Gasteiger partial charge in [0, 0.05) is 28.1 Å². The van der Waals surface area contributed by atoms with Crippen molar-refractivity contribution in [3.63, 3.8) is 0 Å². The van der Waals surface area contributed by atoms with Crippen molar-refractivity contribution in [1.82, 2.24) is 4.98 Å². The lowest BCUT2D eigenvalue weighted by atomic mass is 9.90. The van der Waals surface area contributed by atoms with Crippen LogP contribution in [0.2, 0.25) is 0 Å². The van der Waals surface area contributed by atoms with Gasteiger partial charge in [0.15, 0.2) is 17.5 Å². The Morgan fingerprint density at radius 3 is 2.67 bits per heavy atom. The lowest BCUT2D eigenvalue weighted by Crippen LogP contribution is -2.25. The van der Waals surface area contributed by atoms with Crippen LogP contribution in [0.5, 0.6) is 0 Å². The van der Waals surface area contributed by atoms with E-state index in [1.54, 1.807) is 6.92 Å². The van der Waals surface area contributed by atoms with Crippen LogP contribution in [0.25, 0.3) is 10.9 Å². The normalized spacial score (nSPS) is 21.8. The van der Waals surface area contributed by atoms with Crippen LogP contribution in [0.4, 0.5) is 0 Å². The maximum atomic E-state index is 12.7. The van der Waals surface area contributed by atoms with Crippen molar-refractivity contribution >= 4 is 22.5 Å². The highest BCUT2D eigenvalue weighted by atomic mass is 16.2. The number of hydrogen-bond donors (Lipinski definition) is 1. The van der Waals surface area contributed by atoms with E-state index in [0.29, 0.717) is 17.2 Å². The van der Waals surface area contributed by atoms with E-state index in [1.807, 2.05) is 37.3 Å². The van der Waals surface area contributed by atoms with E-state index in [0.717, 1.165) is 17.3 Å². The molecule has 1 aromatic carbocycles. The number of aryl methyl sites for hydroxylation is 1. The minimum atomic E-state index is -1.18. The summed E-state index contributed by atoms with van der Waals surface area (Å²) >= 11 is 0. The maximum absolute atomic E-state index is 12.7. The second kappa shape index (κ2) is 4.85. The highest BCUT2D eigenvalue weighted by Crippen LogP contribution is 2.41. The number of carbonyl (C=O) groups excluding carboxylic acids is 2. The van der Waals surface area contributed by atoms with Crippen molar-refractivity contribution in [2.24, 2.45) is 17.8 Å². The lowest BCUT2D eigenvalue weighted by Gasteiger charge is -2.07. The molecule has 0 aliphatic heterocycles. The number of aromatic nitrogens is 1. The average Bonchev–Trinajstić information content (AvgIpc) is 3.09.